The molecule has 1 saturated heterocycles. The van der Waals surface area contributed by atoms with Gasteiger partial charge in [0.25, 0.3) is 5.91 Å². The van der Waals surface area contributed by atoms with Crippen LogP contribution in [0.15, 0.2) is 90.2 Å². The summed E-state index contributed by atoms with van der Waals surface area (Å²) in [6, 6.07) is 24.1. The van der Waals surface area contributed by atoms with Crippen LogP contribution in [0.4, 0.5) is 0 Å². The summed E-state index contributed by atoms with van der Waals surface area (Å²) in [4.78, 5) is 19.9. The second-order valence-electron chi connectivity index (χ2n) is 10.3. The number of carbonyl (C=O) groups excluding carboxylic acids is 1. The number of sulfone groups is 1. The Bertz CT molecular complexity index is 1580. The number of carbonyl (C=O) groups is 1. The molecular formula is C32H35N3O5S. The maximum atomic E-state index is 13.8. The van der Waals surface area contributed by atoms with Crippen LogP contribution in [-0.2, 0) is 33.4 Å². The van der Waals surface area contributed by atoms with E-state index in [1.165, 1.54) is 0 Å². The number of hydrogen-bond donors (Lipinski definition) is 0. The molecule has 0 radical (unpaired) electrons. The molecule has 0 unspecified atom stereocenters. The van der Waals surface area contributed by atoms with E-state index in [9.17, 15) is 13.2 Å². The molecule has 5 rings (SSSR count). The fourth-order valence-electron chi connectivity index (χ4n) is 5.11. The molecule has 1 aliphatic heterocycles. The van der Waals surface area contributed by atoms with Gasteiger partial charge in [0, 0.05) is 18.7 Å². The number of ether oxygens (including phenoxy) is 2. The van der Waals surface area contributed by atoms with Crippen molar-refractivity contribution in [3.63, 3.8) is 0 Å². The Morgan fingerprint density at radius 1 is 1.05 bits per heavy atom. The van der Waals surface area contributed by atoms with Gasteiger partial charge in [0.2, 0.25) is 15.0 Å². The molecule has 8 nitrogen and oxygen atoms in total. The van der Waals surface area contributed by atoms with Crippen LogP contribution in [0.5, 0.6) is 5.75 Å². The number of aromatic nitrogens is 2. The number of benzene rings is 3. The summed E-state index contributed by atoms with van der Waals surface area (Å²) < 4.78 is 40.4. The highest BCUT2D eigenvalue weighted by Crippen LogP contribution is 2.24. The van der Waals surface area contributed by atoms with Gasteiger partial charge >= 0.3 is 0 Å². The van der Waals surface area contributed by atoms with E-state index in [1.54, 1.807) is 47.0 Å². The third-order valence-corrected chi connectivity index (χ3v) is 8.97. The van der Waals surface area contributed by atoms with Gasteiger partial charge in [0.15, 0.2) is 0 Å². The second kappa shape index (κ2) is 12.7. The van der Waals surface area contributed by atoms with Crippen molar-refractivity contribution in [2.45, 2.75) is 49.9 Å². The molecule has 0 spiro atoms. The van der Waals surface area contributed by atoms with Crippen LogP contribution in [0.2, 0.25) is 0 Å². The molecule has 9 heteroatoms. The molecule has 1 aliphatic rings. The summed E-state index contributed by atoms with van der Waals surface area (Å²) in [5, 5.41) is -0.00595. The number of nitrogens with zero attached hydrogens (tertiary/aromatic N) is 3. The van der Waals surface area contributed by atoms with Crippen molar-refractivity contribution in [3.8, 4) is 5.75 Å². The van der Waals surface area contributed by atoms with Crippen molar-refractivity contribution in [1.29, 1.82) is 0 Å². The van der Waals surface area contributed by atoms with Crippen LogP contribution >= 0.6 is 0 Å². The molecule has 1 atom stereocenters. The summed E-state index contributed by atoms with van der Waals surface area (Å²) in [5.74, 6) is 0.339. The lowest BCUT2D eigenvalue weighted by Crippen LogP contribution is -2.37. The van der Waals surface area contributed by atoms with Gasteiger partial charge in [-0.15, -0.1) is 0 Å². The van der Waals surface area contributed by atoms with Crippen LogP contribution < -0.4 is 4.74 Å². The monoisotopic (exact) mass is 573 g/mol. The Kier molecular flexibility index (Phi) is 8.85. The van der Waals surface area contributed by atoms with Crippen molar-refractivity contribution in [2.24, 2.45) is 0 Å². The molecule has 4 aromatic rings. The zero-order valence-corrected chi connectivity index (χ0v) is 24.2. The van der Waals surface area contributed by atoms with Crippen LogP contribution in [0.1, 0.15) is 45.6 Å². The average molecular weight is 574 g/mol. The Hall–Kier alpha value is -3.95. The lowest BCUT2D eigenvalue weighted by Gasteiger charge is -2.26. The van der Waals surface area contributed by atoms with E-state index < -0.39 is 9.84 Å². The minimum Gasteiger partial charge on any atom is -0.497 e. The Labute approximate surface area is 241 Å². The zero-order chi connectivity index (χ0) is 28.8. The molecule has 0 bridgehead atoms. The van der Waals surface area contributed by atoms with Gasteiger partial charge in [-0.2, -0.15) is 0 Å². The van der Waals surface area contributed by atoms with Crippen molar-refractivity contribution in [1.82, 2.24) is 14.5 Å². The van der Waals surface area contributed by atoms with Crippen molar-refractivity contribution in [2.75, 3.05) is 20.3 Å². The summed E-state index contributed by atoms with van der Waals surface area (Å²) >= 11 is 0. The Morgan fingerprint density at radius 2 is 1.78 bits per heavy atom. The van der Waals surface area contributed by atoms with Gasteiger partial charge in [0.05, 0.1) is 43.9 Å². The molecule has 0 saturated carbocycles. The summed E-state index contributed by atoms with van der Waals surface area (Å²) in [5.41, 5.74) is 3.73. The van der Waals surface area contributed by atoms with E-state index in [-0.39, 0.29) is 29.5 Å². The fourth-order valence-corrected chi connectivity index (χ4v) is 6.70. The van der Waals surface area contributed by atoms with Crippen molar-refractivity contribution in [3.05, 3.63) is 113 Å². The molecule has 1 fully saturated rings. The fraction of sp³-hybridized carbons (Fsp3) is 0.312. The largest absolute Gasteiger partial charge is 0.497 e. The first kappa shape index (κ1) is 28.6. The topological polar surface area (TPSA) is 90.7 Å². The lowest BCUT2D eigenvalue weighted by atomic mass is 10.1. The maximum absolute atomic E-state index is 13.8. The molecule has 1 aromatic heterocycles. The normalized spacial score (nSPS) is 15.1. The molecule has 3 aromatic carbocycles. The molecule has 1 amide bonds. The van der Waals surface area contributed by atoms with Crippen LogP contribution in [0.3, 0.4) is 0 Å². The second-order valence-corrected chi connectivity index (χ2v) is 12.2. The molecule has 41 heavy (non-hydrogen) atoms. The third-order valence-electron chi connectivity index (χ3n) is 7.40. The van der Waals surface area contributed by atoms with Crippen LogP contribution in [0, 0.1) is 6.92 Å². The minimum absolute atomic E-state index is 0.00595. The predicted octanol–water partition coefficient (Wildman–Crippen LogP) is 5.04. The third kappa shape index (κ3) is 6.86. The van der Waals surface area contributed by atoms with Crippen molar-refractivity contribution >= 4 is 15.7 Å². The molecule has 214 valence electrons. The van der Waals surface area contributed by atoms with Crippen LogP contribution in [0.25, 0.3) is 0 Å². The van der Waals surface area contributed by atoms with Crippen LogP contribution in [-0.4, -0.2) is 55.1 Å². The van der Waals surface area contributed by atoms with Gasteiger partial charge in [-0.1, -0.05) is 54.6 Å². The first-order chi connectivity index (χ1) is 19.8. The zero-order valence-electron chi connectivity index (χ0n) is 23.4. The number of aryl methyl sites for hydroxylation is 1. The lowest BCUT2D eigenvalue weighted by molar-refractivity contribution is 0.0501. The first-order valence-electron chi connectivity index (χ1n) is 13.7. The minimum atomic E-state index is -3.79. The van der Waals surface area contributed by atoms with Gasteiger partial charge < -0.3 is 18.9 Å². The van der Waals surface area contributed by atoms with E-state index in [0.29, 0.717) is 36.7 Å². The number of rotatable bonds is 11. The van der Waals surface area contributed by atoms with Gasteiger partial charge in [-0.3, -0.25) is 4.79 Å². The predicted molar refractivity (Wildman–Crippen MR) is 157 cm³/mol. The highest BCUT2D eigenvalue weighted by atomic mass is 32.2. The summed E-state index contributed by atoms with van der Waals surface area (Å²) in [6.07, 6.45) is 3.32. The van der Waals surface area contributed by atoms with Gasteiger partial charge in [-0.05, 0) is 60.7 Å². The number of methoxy groups -OCH3 is 1. The van der Waals surface area contributed by atoms with Gasteiger partial charge in [0.1, 0.15) is 5.75 Å². The molecule has 0 N–H and O–H groups in total. The summed E-state index contributed by atoms with van der Waals surface area (Å²) in [6.45, 7) is 3.46. The van der Waals surface area contributed by atoms with E-state index in [0.717, 1.165) is 29.5 Å². The number of amides is 1. The smallest absolute Gasteiger partial charge is 0.254 e. The first-order valence-corrected chi connectivity index (χ1v) is 15.4. The quantitative estimate of drug-likeness (QED) is 0.250. The average Bonchev–Trinajstić information content (AvgIpc) is 3.64. The highest BCUT2D eigenvalue weighted by Gasteiger charge is 2.28. The van der Waals surface area contributed by atoms with Gasteiger partial charge in [-0.25, -0.2) is 13.4 Å². The van der Waals surface area contributed by atoms with E-state index in [2.05, 4.69) is 4.98 Å². The standard InChI is InChI=1S/C32H35N3O5S/c1-24-9-6-7-12-27(24)23-41(37,38)32-33-19-28(35(32)20-25-10-4-3-5-11-25)21-34(22-30-13-8-18-40-30)31(36)26-14-16-29(39-2)17-15-26/h3-7,9-12,14-17,19,30H,8,13,18,20-23H2,1-2H3/t30-/m1/s1. The molecule has 0 aliphatic carbocycles. The van der Waals surface area contributed by atoms with E-state index in [4.69, 9.17) is 9.47 Å². The van der Waals surface area contributed by atoms with E-state index >= 15 is 0 Å². The Balaban J connectivity index is 1.51. The SMILES string of the molecule is COc1ccc(C(=O)N(Cc2cnc(S(=O)(=O)Cc3ccccc3C)n2Cc2ccccc2)C[C@H]2CCCO2)cc1. The summed E-state index contributed by atoms with van der Waals surface area (Å²) in [7, 11) is -2.21. The maximum Gasteiger partial charge on any atom is 0.254 e. The number of imidazole rings is 1. The highest BCUT2D eigenvalue weighted by molar-refractivity contribution is 7.90. The van der Waals surface area contributed by atoms with Crippen molar-refractivity contribution < 1.29 is 22.7 Å². The Morgan fingerprint density at radius 3 is 2.46 bits per heavy atom. The molecule has 2 heterocycles. The van der Waals surface area contributed by atoms with E-state index in [1.807, 2.05) is 61.5 Å². The molecular weight excluding hydrogens is 538 g/mol. The number of hydrogen-bond acceptors (Lipinski definition) is 6.